The summed E-state index contributed by atoms with van der Waals surface area (Å²) in [5.41, 5.74) is 2.45. The van der Waals surface area contributed by atoms with Gasteiger partial charge in [0.2, 0.25) is 11.8 Å². The highest BCUT2D eigenvalue weighted by Gasteiger charge is 2.26. The number of unbranched alkanes of at least 4 members (excludes halogenated alkanes) is 8. The highest BCUT2D eigenvalue weighted by atomic mass is 32.1. The van der Waals surface area contributed by atoms with Crippen molar-refractivity contribution in [3.8, 4) is 5.75 Å². The van der Waals surface area contributed by atoms with E-state index in [0.717, 1.165) is 95.8 Å². The molecule has 256 valence electrons. The third kappa shape index (κ3) is 14.8. The lowest BCUT2D eigenvalue weighted by molar-refractivity contribution is -0.134. The minimum atomic E-state index is -0.292. The number of benzene rings is 1. The average Bonchev–Trinajstić information content (AvgIpc) is 3.58. The molecule has 46 heavy (non-hydrogen) atoms. The fourth-order valence-electron chi connectivity index (χ4n) is 6.36. The number of hydrogen-bond donors (Lipinski definition) is 2. The second-order valence-electron chi connectivity index (χ2n) is 12.8. The molecule has 0 fully saturated rings. The monoisotopic (exact) mass is 653 g/mol. The van der Waals surface area contributed by atoms with Crippen molar-refractivity contribution in [2.45, 2.75) is 135 Å². The molecule has 8 heteroatoms. The molecule has 0 radical (unpaired) electrons. The zero-order valence-corrected chi connectivity index (χ0v) is 29.4. The number of nitrogens with zero attached hydrogens (tertiary/aromatic N) is 1. The number of esters is 1. The zero-order valence-electron chi connectivity index (χ0n) is 28.6. The Morgan fingerprint density at radius 1 is 0.804 bits per heavy atom. The number of amides is 2. The van der Waals surface area contributed by atoms with Gasteiger partial charge in [-0.25, -0.2) is 0 Å². The molecule has 1 aromatic carbocycles. The van der Waals surface area contributed by atoms with E-state index in [4.69, 9.17) is 4.74 Å². The number of fused-ring (bicyclic) bond motifs is 1. The van der Waals surface area contributed by atoms with E-state index < -0.39 is 0 Å². The summed E-state index contributed by atoms with van der Waals surface area (Å²) < 4.78 is 5.81. The number of carbonyl (C=O) groups excluding carboxylic acids is 3. The molecule has 0 bridgehead atoms. The average molecular weight is 654 g/mol. The van der Waals surface area contributed by atoms with Gasteiger partial charge in [0.25, 0.3) is 0 Å². The summed E-state index contributed by atoms with van der Waals surface area (Å²) >= 11 is 1.84. The first kappa shape index (κ1) is 37.7. The van der Waals surface area contributed by atoms with Gasteiger partial charge in [-0.05, 0) is 86.6 Å². The summed E-state index contributed by atoms with van der Waals surface area (Å²) in [6.07, 6.45) is 17.5. The molecule has 0 saturated carbocycles. The van der Waals surface area contributed by atoms with Crippen molar-refractivity contribution in [1.82, 2.24) is 15.5 Å². The van der Waals surface area contributed by atoms with Crippen LogP contribution in [0, 0.1) is 0 Å². The number of carbonyl (C=O) groups is 3. The predicted molar refractivity (Wildman–Crippen MR) is 189 cm³/mol. The zero-order chi connectivity index (χ0) is 32.8. The molecule has 0 unspecified atom stereocenters. The first-order valence-electron chi connectivity index (χ1n) is 18.1. The van der Waals surface area contributed by atoms with Crippen molar-refractivity contribution in [3.05, 3.63) is 51.7 Å². The van der Waals surface area contributed by atoms with Crippen LogP contribution in [-0.2, 0) is 33.6 Å². The molecule has 1 aliphatic carbocycles. The predicted octanol–water partition coefficient (Wildman–Crippen LogP) is 7.79. The van der Waals surface area contributed by atoms with Gasteiger partial charge in [0.05, 0.1) is 6.42 Å². The molecule has 1 heterocycles. The van der Waals surface area contributed by atoms with Crippen molar-refractivity contribution in [1.29, 1.82) is 0 Å². The molecule has 2 aromatic rings. The van der Waals surface area contributed by atoms with Gasteiger partial charge in [0.15, 0.2) is 0 Å². The Labute approximate surface area is 282 Å². The Kier molecular flexibility index (Phi) is 18.7. The quantitative estimate of drug-likeness (QED) is 0.0686. The fraction of sp³-hybridized carbons (Fsp3) is 0.658. The second kappa shape index (κ2) is 22.8. The van der Waals surface area contributed by atoms with Crippen molar-refractivity contribution in [2.75, 3.05) is 26.2 Å². The van der Waals surface area contributed by atoms with Crippen LogP contribution in [0.5, 0.6) is 5.75 Å². The smallest absolute Gasteiger partial charge is 0.312 e. The van der Waals surface area contributed by atoms with Crippen molar-refractivity contribution >= 4 is 29.1 Å². The summed E-state index contributed by atoms with van der Waals surface area (Å²) in [7, 11) is 0. The molecule has 0 aliphatic heterocycles. The van der Waals surface area contributed by atoms with E-state index in [2.05, 4.69) is 53.0 Å². The van der Waals surface area contributed by atoms with E-state index >= 15 is 0 Å². The first-order chi connectivity index (χ1) is 22.5. The molecule has 1 aromatic heterocycles. The maximum Gasteiger partial charge on any atom is 0.312 e. The SMILES string of the molecule is CCCNC(=O)CCCCCCCCCCCC(=O)NCCC(=O)Oc1cccc2c1CC[C@H](N(CCC)CCc1cccs1)C2. The number of ether oxygens (including phenoxy) is 1. The molecule has 2 amide bonds. The van der Waals surface area contributed by atoms with E-state index in [-0.39, 0.29) is 24.2 Å². The summed E-state index contributed by atoms with van der Waals surface area (Å²) in [4.78, 5) is 40.6. The highest BCUT2D eigenvalue weighted by Crippen LogP contribution is 2.32. The lowest BCUT2D eigenvalue weighted by atomic mass is 9.86. The molecule has 1 aliphatic rings. The normalized spacial score (nSPS) is 14.2. The Balaban J connectivity index is 1.24. The van der Waals surface area contributed by atoms with Gasteiger partial charge in [0, 0.05) is 43.4 Å². The van der Waals surface area contributed by atoms with Crippen molar-refractivity contribution in [3.63, 3.8) is 0 Å². The Bertz CT molecular complexity index is 1150. The molecule has 7 nitrogen and oxygen atoms in total. The van der Waals surface area contributed by atoms with Crippen LogP contribution in [0.4, 0.5) is 0 Å². The number of nitrogens with one attached hydrogen (secondary N) is 2. The molecular weight excluding hydrogens is 595 g/mol. The lowest BCUT2D eigenvalue weighted by Gasteiger charge is -2.35. The minimum Gasteiger partial charge on any atom is -0.426 e. The van der Waals surface area contributed by atoms with Crippen molar-refractivity contribution < 1.29 is 19.1 Å². The Morgan fingerprint density at radius 2 is 1.48 bits per heavy atom. The minimum absolute atomic E-state index is 0.00891. The summed E-state index contributed by atoms with van der Waals surface area (Å²) in [5, 5.41) is 7.97. The number of rotatable bonds is 24. The molecule has 2 N–H and O–H groups in total. The largest absolute Gasteiger partial charge is 0.426 e. The maximum absolute atomic E-state index is 12.6. The van der Waals surface area contributed by atoms with Crippen LogP contribution in [0.15, 0.2) is 35.7 Å². The Morgan fingerprint density at radius 3 is 2.11 bits per heavy atom. The van der Waals surface area contributed by atoms with Gasteiger partial charge >= 0.3 is 5.97 Å². The van der Waals surface area contributed by atoms with Crippen LogP contribution in [0.2, 0.25) is 0 Å². The second-order valence-corrected chi connectivity index (χ2v) is 13.8. The van der Waals surface area contributed by atoms with Gasteiger partial charge in [-0.15, -0.1) is 11.3 Å². The topological polar surface area (TPSA) is 87.7 Å². The molecule has 0 spiro atoms. The molecule has 0 saturated heterocycles. The highest BCUT2D eigenvalue weighted by molar-refractivity contribution is 7.09. The van der Waals surface area contributed by atoms with Gasteiger partial charge in [-0.3, -0.25) is 19.3 Å². The molecule has 3 rings (SSSR count). The molecular formula is C38H59N3O4S. The first-order valence-corrected chi connectivity index (χ1v) is 19.0. The van der Waals surface area contributed by atoms with Crippen molar-refractivity contribution in [2.24, 2.45) is 0 Å². The third-order valence-electron chi connectivity index (χ3n) is 8.92. The van der Waals surface area contributed by atoms with Gasteiger partial charge < -0.3 is 15.4 Å². The fourth-order valence-corrected chi connectivity index (χ4v) is 7.06. The van der Waals surface area contributed by atoms with Gasteiger partial charge in [-0.2, -0.15) is 0 Å². The van der Waals surface area contributed by atoms with E-state index in [1.165, 1.54) is 36.1 Å². The number of thiophene rings is 1. The number of hydrogen-bond acceptors (Lipinski definition) is 6. The van der Waals surface area contributed by atoms with E-state index in [9.17, 15) is 14.4 Å². The molecule has 1 atom stereocenters. The van der Waals surface area contributed by atoms with Crippen LogP contribution in [-0.4, -0.2) is 54.9 Å². The summed E-state index contributed by atoms with van der Waals surface area (Å²) in [6, 6.07) is 11.0. The maximum atomic E-state index is 12.6. The van der Waals surface area contributed by atoms with Gasteiger partial charge in [-0.1, -0.05) is 77.0 Å². The van der Waals surface area contributed by atoms with E-state index in [1.807, 2.05) is 23.5 Å². The van der Waals surface area contributed by atoms with Crippen LogP contribution in [0.1, 0.15) is 126 Å². The van der Waals surface area contributed by atoms with Crippen LogP contribution >= 0.6 is 11.3 Å². The third-order valence-corrected chi connectivity index (χ3v) is 9.86. The van der Waals surface area contributed by atoms with Gasteiger partial charge in [0.1, 0.15) is 5.75 Å². The summed E-state index contributed by atoms with van der Waals surface area (Å²) in [6.45, 7) is 7.60. The summed E-state index contributed by atoms with van der Waals surface area (Å²) in [5.74, 6) is 0.580. The van der Waals surface area contributed by atoms with E-state index in [1.54, 1.807) is 0 Å². The van der Waals surface area contributed by atoms with Crippen LogP contribution < -0.4 is 15.4 Å². The lowest BCUT2D eigenvalue weighted by Crippen LogP contribution is -2.41. The standard InChI is InChI=1S/C38H59N3O4S/c1-3-25-39-36(42)19-12-10-8-6-5-7-9-11-13-20-37(43)40-26-23-38(44)45-35-18-14-16-31-30-32(21-22-34(31)35)41(27-4-2)28-24-33-17-15-29-46-33/h14-18,29,32H,3-13,19-28,30H2,1-2H3,(H,39,42)(H,40,43)/t32-/m0/s1. The van der Waals surface area contributed by atoms with E-state index in [0.29, 0.717) is 31.2 Å². The van der Waals surface area contributed by atoms with Crippen LogP contribution in [0.25, 0.3) is 0 Å². The Hall–Kier alpha value is -2.71. The van der Waals surface area contributed by atoms with Crippen LogP contribution in [0.3, 0.4) is 0 Å².